The predicted molar refractivity (Wildman–Crippen MR) is 90.2 cm³/mol. The van der Waals surface area contributed by atoms with E-state index in [0.717, 1.165) is 10.6 Å². The van der Waals surface area contributed by atoms with E-state index in [1.54, 1.807) is 24.3 Å². The lowest BCUT2D eigenvalue weighted by Gasteiger charge is -2.16. The third kappa shape index (κ3) is 4.95. The first kappa shape index (κ1) is 17.7. The summed E-state index contributed by atoms with van der Waals surface area (Å²) in [6.07, 6.45) is 1.11. The average Bonchev–Trinajstić information content (AvgIpc) is 2.54. The number of carbonyl (C=O) groups excluding carboxylic acids is 1. The van der Waals surface area contributed by atoms with E-state index < -0.39 is 10.0 Å². The molecule has 24 heavy (non-hydrogen) atoms. The van der Waals surface area contributed by atoms with Gasteiger partial charge in [-0.25, -0.2) is 12.8 Å². The smallest absolute Gasteiger partial charge is 0.262 e. The normalized spacial score (nSPS) is 11.0. The lowest BCUT2D eigenvalue weighted by atomic mass is 10.3. The van der Waals surface area contributed by atoms with E-state index in [4.69, 9.17) is 4.74 Å². The van der Waals surface area contributed by atoms with Crippen LogP contribution in [0, 0.1) is 5.82 Å². The van der Waals surface area contributed by atoms with Crippen LogP contribution >= 0.6 is 0 Å². The molecule has 0 saturated carbocycles. The first-order valence-electron chi connectivity index (χ1n) is 6.98. The number of sulfonamides is 1. The van der Waals surface area contributed by atoms with E-state index in [2.05, 4.69) is 5.32 Å². The summed E-state index contributed by atoms with van der Waals surface area (Å²) in [6, 6.07) is 11.7. The van der Waals surface area contributed by atoms with Crippen molar-refractivity contribution in [3.63, 3.8) is 0 Å². The van der Waals surface area contributed by atoms with Gasteiger partial charge < -0.3 is 10.1 Å². The van der Waals surface area contributed by atoms with E-state index in [0.29, 0.717) is 17.1 Å². The van der Waals surface area contributed by atoms with Crippen molar-refractivity contribution in [2.75, 3.05) is 29.5 Å². The van der Waals surface area contributed by atoms with Gasteiger partial charge in [0.1, 0.15) is 11.6 Å². The molecule has 6 nitrogen and oxygen atoms in total. The van der Waals surface area contributed by atoms with E-state index in [1.807, 2.05) is 0 Å². The second-order valence-corrected chi connectivity index (χ2v) is 7.08. The van der Waals surface area contributed by atoms with Crippen LogP contribution in [0.5, 0.6) is 5.75 Å². The molecule has 0 bridgehead atoms. The maximum absolute atomic E-state index is 12.8. The Morgan fingerprint density at radius 2 is 1.71 bits per heavy atom. The number of anilines is 2. The second-order valence-electron chi connectivity index (χ2n) is 5.07. The SMILES string of the molecule is CN(c1ccc(OCC(=O)Nc2ccc(F)cc2)cc1)S(C)(=O)=O. The third-order valence-electron chi connectivity index (χ3n) is 3.20. The minimum Gasteiger partial charge on any atom is -0.484 e. The number of hydrogen-bond acceptors (Lipinski definition) is 4. The lowest BCUT2D eigenvalue weighted by molar-refractivity contribution is -0.118. The summed E-state index contributed by atoms with van der Waals surface area (Å²) in [7, 11) is -1.88. The number of nitrogens with zero attached hydrogens (tertiary/aromatic N) is 1. The molecule has 128 valence electrons. The number of rotatable bonds is 6. The topological polar surface area (TPSA) is 75.7 Å². The molecule has 0 spiro atoms. The molecule has 0 unspecified atom stereocenters. The van der Waals surface area contributed by atoms with Gasteiger partial charge in [-0.15, -0.1) is 0 Å². The molecule has 0 aromatic heterocycles. The van der Waals surface area contributed by atoms with Crippen LogP contribution in [-0.2, 0) is 14.8 Å². The van der Waals surface area contributed by atoms with Gasteiger partial charge in [0.2, 0.25) is 10.0 Å². The van der Waals surface area contributed by atoms with E-state index in [1.165, 1.54) is 31.3 Å². The van der Waals surface area contributed by atoms with E-state index in [9.17, 15) is 17.6 Å². The summed E-state index contributed by atoms with van der Waals surface area (Å²) in [4.78, 5) is 11.8. The number of carbonyl (C=O) groups is 1. The zero-order valence-electron chi connectivity index (χ0n) is 13.2. The molecule has 0 aliphatic carbocycles. The predicted octanol–water partition coefficient (Wildman–Crippen LogP) is 2.24. The van der Waals surface area contributed by atoms with Gasteiger partial charge in [-0.05, 0) is 48.5 Å². The Labute approximate surface area is 139 Å². The van der Waals surface area contributed by atoms with Gasteiger partial charge in [-0.3, -0.25) is 9.10 Å². The van der Waals surface area contributed by atoms with Gasteiger partial charge in [-0.1, -0.05) is 0 Å². The molecule has 0 fully saturated rings. The highest BCUT2D eigenvalue weighted by Gasteiger charge is 2.11. The number of halogens is 1. The van der Waals surface area contributed by atoms with Crippen LogP contribution in [0.1, 0.15) is 0 Å². The number of benzene rings is 2. The Morgan fingerprint density at radius 1 is 1.12 bits per heavy atom. The molecule has 0 heterocycles. The Morgan fingerprint density at radius 3 is 2.25 bits per heavy atom. The molecule has 0 saturated heterocycles. The summed E-state index contributed by atoms with van der Waals surface area (Å²) < 4.78 is 42.1. The van der Waals surface area contributed by atoms with Crippen molar-refractivity contribution in [3.8, 4) is 5.75 Å². The Bertz CT molecular complexity index is 805. The zero-order chi connectivity index (χ0) is 17.7. The quantitative estimate of drug-likeness (QED) is 0.865. The fraction of sp³-hybridized carbons (Fsp3) is 0.188. The maximum Gasteiger partial charge on any atom is 0.262 e. The number of nitrogens with one attached hydrogen (secondary N) is 1. The van der Waals surface area contributed by atoms with E-state index >= 15 is 0 Å². The molecule has 1 amide bonds. The summed E-state index contributed by atoms with van der Waals surface area (Å²) in [5, 5.41) is 2.57. The average molecular weight is 352 g/mol. The fourth-order valence-electron chi connectivity index (χ4n) is 1.82. The number of ether oxygens (including phenoxy) is 1. The van der Waals surface area contributed by atoms with Crippen LogP contribution in [0.25, 0.3) is 0 Å². The lowest BCUT2D eigenvalue weighted by Crippen LogP contribution is -2.24. The van der Waals surface area contributed by atoms with Crippen LogP contribution in [0.4, 0.5) is 15.8 Å². The molecule has 2 aromatic rings. The summed E-state index contributed by atoms with van der Waals surface area (Å²) in [5.74, 6) is -0.350. The van der Waals surface area contributed by atoms with Crippen LogP contribution in [0.3, 0.4) is 0 Å². The Balaban J connectivity index is 1.90. The molecule has 2 aromatic carbocycles. The molecule has 0 radical (unpaired) electrons. The Kier molecular flexibility index (Phi) is 5.40. The molecule has 8 heteroatoms. The zero-order valence-corrected chi connectivity index (χ0v) is 14.0. The fourth-order valence-corrected chi connectivity index (χ4v) is 2.33. The minimum atomic E-state index is -3.33. The maximum atomic E-state index is 12.8. The van der Waals surface area contributed by atoms with E-state index in [-0.39, 0.29) is 18.3 Å². The molecule has 0 aliphatic rings. The van der Waals surface area contributed by atoms with Crippen molar-refractivity contribution in [3.05, 3.63) is 54.3 Å². The van der Waals surface area contributed by atoms with Crippen molar-refractivity contribution in [1.29, 1.82) is 0 Å². The molecule has 0 aliphatic heterocycles. The first-order valence-corrected chi connectivity index (χ1v) is 8.83. The van der Waals surface area contributed by atoms with Crippen molar-refractivity contribution >= 4 is 27.3 Å². The molecule has 2 rings (SSSR count). The van der Waals surface area contributed by atoms with Crippen molar-refractivity contribution < 1.29 is 22.3 Å². The van der Waals surface area contributed by atoms with Crippen molar-refractivity contribution in [1.82, 2.24) is 0 Å². The van der Waals surface area contributed by atoms with Crippen LogP contribution < -0.4 is 14.4 Å². The molecular formula is C16H17FN2O4S. The summed E-state index contributed by atoms with van der Waals surface area (Å²) >= 11 is 0. The van der Waals surface area contributed by atoms with Gasteiger partial charge in [-0.2, -0.15) is 0 Å². The third-order valence-corrected chi connectivity index (χ3v) is 4.40. The molecule has 0 atom stereocenters. The van der Waals surface area contributed by atoms with Gasteiger partial charge in [0.15, 0.2) is 6.61 Å². The van der Waals surface area contributed by atoms with Crippen LogP contribution in [-0.4, -0.2) is 34.2 Å². The number of hydrogen-bond donors (Lipinski definition) is 1. The van der Waals surface area contributed by atoms with Gasteiger partial charge in [0.05, 0.1) is 11.9 Å². The Hall–Kier alpha value is -2.61. The van der Waals surface area contributed by atoms with Gasteiger partial charge in [0.25, 0.3) is 5.91 Å². The van der Waals surface area contributed by atoms with Crippen LogP contribution in [0.2, 0.25) is 0 Å². The van der Waals surface area contributed by atoms with Crippen LogP contribution in [0.15, 0.2) is 48.5 Å². The monoisotopic (exact) mass is 352 g/mol. The molecular weight excluding hydrogens is 335 g/mol. The van der Waals surface area contributed by atoms with Gasteiger partial charge in [0, 0.05) is 12.7 Å². The minimum absolute atomic E-state index is 0.224. The highest BCUT2D eigenvalue weighted by Crippen LogP contribution is 2.20. The summed E-state index contributed by atoms with van der Waals surface area (Å²) in [6.45, 7) is -0.224. The van der Waals surface area contributed by atoms with Gasteiger partial charge >= 0.3 is 0 Å². The summed E-state index contributed by atoms with van der Waals surface area (Å²) in [5.41, 5.74) is 0.954. The second kappa shape index (κ2) is 7.31. The van der Waals surface area contributed by atoms with Crippen molar-refractivity contribution in [2.45, 2.75) is 0 Å². The molecule has 1 N–H and O–H groups in total. The largest absolute Gasteiger partial charge is 0.484 e. The standard InChI is InChI=1S/C16H17FN2O4S/c1-19(24(2,21)22)14-7-9-15(10-8-14)23-11-16(20)18-13-5-3-12(17)4-6-13/h3-10H,11H2,1-2H3,(H,18,20). The highest BCUT2D eigenvalue weighted by atomic mass is 32.2. The van der Waals surface area contributed by atoms with Crippen molar-refractivity contribution in [2.24, 2.45) is 0 Å². The highest BCUT2D eigenvalue weighted by molar-refractivity contribution is 7.92. The first-order chi connectivity index (χ1) is 11.3. The number of amides is 1.